The van der Waals surface area contributed by atoms with E-state index < -0.39 is 49.7 Å². The van der Waals surface area contributed by atoms with Crippen LogP contribution in [0.3, 0.4) is 0 Å². The van der Waals surface area contributed by atoms with Gasteiger partial charge in [-0.2, -0.15) is 0 Å². The van der Waals surface area contributed by atoms with Crippen molar-refractivity contribution in [2.45, 2.75) is 129 Å². The van der Waals surface area contributed by atoms with Crippen molar-refractivity contribution in [2.75, 3.05) is 13.3 Å². The average Bonchev–Trinajstić information content (AvgIpc) is 1.77. The minimum absolute atomic E-state index is 0.0165. The Morgan fingerprint density at radius 2 is 1.02 bits per heavy atom. The number of carbonyl (C=O) groups excluding carboxylic acids is 9. The van der Waals surface area contributed by atoms with Gasteiger partial charge in [0.25, 0.3) is 5.91 Å². The van der Waals surface area contributed by atoms with E-state index in [-0.39, 0.29) is 100 Å². The molecule has 0 spiro atoms. The minimum atomic E-state index is -3.68. The lowest BCUT2D eigenvalue weighted by molar-refractivity contribution is -0.143. The summed E-state index contributed by atoms with van der Waals surface area (Å²) in [6.07, 6.45) is 8.10. The second kappa shape index (κ2) is 35.2. The monoisotopic (exact) mass is 1290 g/mol. The molecule has 0 aromatic heterocycles. The van der Waals surface area contributed by atoms with Gasteiger partial charge in [-0.25, -0.2) is 26.8 Å². The summed E-state index contributed by atoms with van der Waals surface area (Å²) >= 11 is 0. The molecule has 21 heteroatoms. The van der Waals surface area contributed by atoms with Crippen molar-refractivity contribution >= 4 is 72.5 Å². The minimum Gasteiger partial charge on any atom is -0.454 e. The van der Waals surface area contributed by atoms with Gasteiger partial charge in [-0.15, -0.1) is 0 Å². The van der Waals surface area contributed by atoms with E-state index in [4.69, 9.17) is 14.6 Å². The predicted molar refractivity (Wildman–Crippen MR) is 348 cm³/mol. The molecular weight excluding hydrogens is 1200 g/mol. The number of nitrogens with zero attached hydrogens (tertiary/aromatic N) is 1. The summed E-state index contributed by atoms with van der Waals surface area (Å²) in [5.74, 6) is 0.147. The number of likely N-dealkylation sites (tertiary alicyclic amines) is 1. The van der Waals surface area contributed by atoms with Crippen LogP contribution in [0.1, 0.15) is 129 Å². The number of allylic oxidation sites excluding steroid dienone is 2. The van der Waals surface area contributed by atoms with Gasteiger partial charge in [0.2, 0.25) is 28.6 Å². The number of amides is 5. The van der Waals surface area contributed by atoms with Gasteiger partial charge in [-0.05, 0) is 66.9 Å². The van der Waals surface area contributed by atoms with Crippen molar-refractivity contribution < 1.29 is 69.5 Å². The van der Waals surface area contributed by atoms with Crippen molar-refractivity contribution in [1.29, 1.82) is 0 Å². The highest BCUT2D eigenvalue weighted by molar-refractivity contribution is 7.92. The van der Waals surface area contributed by atoms with Crippen LogP contribution in [-0.4, -0.2) is 99.0 Å². The Hall–Kier alpha value is -8.53. The zero-order valence-corrected chi connectivity index (χ0v) is 55.4. The maximum Gasteiger partial charge on any atom is 0.322 e. The second-order valence-corrected chi connectivity index (χ2v) is 27.8. The number of hydrogen-bond acceptors (Lipinski definition) is 15. The Kier molecular flexibility index (Phi) is 29.0. The number of rotatable bonds is 19. The molecule has 0 saturated carbocycles. The van der Waals surface area contributed by atoms with E-state index in [9.17, 15) is 60.0 Å². The predicted octanol–water partition coefficient (Wildman–Crippen LogP) is 10.4. The van der Waals surface area contributed by atoms with Crippen LogP contribution in [0.2, 0.25) is 0 Å². The summed E-state index contributed by atoms with van der Waals surface area (Å²) in [7, 11) is -6.75. The van der Waals surface area contributed by atoms with Gasteiger partial charge in [0.05, 0.1) is 33.4 Å². The van der Waals surface area contributed by atoms with E-state index in [0.29, 0.717) is 29.1 Å². The number of sulfonamides is 1. The molecule has 5 aromatic rings. The smallest absolute Gasteiger partial charge is 0.322 e. The van der Waals surface area contributed by atoms with Gasteiger partial charge >= 0.3 is 6.03 Å². The molecule has 19 nitrogen and oxygen atoms in total. The molecule has 1 aliphatic carbocycles. The number of imide groups is 2. The fraction of sp³-hybridized carbons (Fsp3) is 0.386. The van der Waals surface area contributed by atoms with Crippen molar-refractivity contribution in [3.8, 4) is 11.5 Å². The first kappa shape index (κ1) is 74.9. The molecule has 3 aliphatic heterocycles. The summed E-state index contributed by atoms with van der Waals surface area (Å²) in [5, 5.41) is 9.02. The Balaban J connectivity index is 0.000000235. The first-order valence-electron chi connectivity index (χ1n) is 30.1. The number of hydrogen-bond donors (Lipinski definition) is 3. The van der Waals surface area contributed by atoms with Crippen molar-refractivity contribution in [1.82, 2.24) is 15.5 Å². The van der Waals surface area contributed by atoms with Crippen LogP contribution in [0.25, 0.3) is 0 Å². The number of nitrogens with one attached hydrogen (secondary N) is 2. The first-order chi connectivity index (χ1) is 42.7. The van der Waals surface area contributed by atoms with Crippen LogP contribution in [0.5, 0.6) is 11.5 Å². The van der Waals surface area contributed by atoms with E-state index in [0.717, 1.165) is 22.0 Å². The summed E-state index contributed by atoms with van der Waals surface area (Å²) in [6, 6.07) is 39.1. The lowest BCUT2D eigenvalue weighted by Gasteiger charge is -2.18. The molecule has 91 heavy (non-hydrogen) atoms. The number of carbonyl (C=O) groups is 9. The molecule has 9 rings (SSSR count). The third-order valence-corrected chi connectivity index (χ3v) is 17.8. The molecule has 0 radical (unpaired) electrons. The Labute approximate surface area is 535 Å². The zero-order valence-electron chi connectivity index (χ0n) is 53.8. The number of Topliss-reactive ketones (excluding diaryl/α,β-unsaturated/α-hetero) is 5. The fourth-order valence-corrected chi connectivity index (χ4v) is 10.4. The van der Waals surface area contributed by atoms with Crippen molar-refractivity contribution in [3.63, 3.8) is 0 Å². The third-order valence-electron chi connectivity index (χ3n) is 14.7. The van der Waals surface area contributed by atoms with Crippen LogP contribution in [-0.2, 0) is 59.8 Å². The SMILES string of the molecule is CC(C)C(=O)CC(c1ccccc1)c1ccccc1.CC(C)C(=O)CC1NC(=O)NC1=O.CC(C)C(=O)CN1C(=O)C2C=CC=CC2C1=O.CC(C)C(=O)Cc1ccc2c(c1)OCO2.CC(C)C(=O)c1ccc(S(N)(=O)=O)cc1.CC(C)S(=O)(=O)c1ccccc1. The van der Waals surface area contributed by atoms with Crippen molar-refractivity contribution in [2.24, 2.45) is 46.6 Å². The maximum atomic E-state index is 12.1. The third kappa shape index (κ3) is 23.0. The molecule has 5 amide bonds. The Morgan fingerprint density at radius 3 is 1.45 bits per heavy atom. The van der Waals surface area contributed by atoms with Crippen LogP contribution in [0.4, 0.5) is 4.79 Å². The first-order valence-corrected chi connectivity index (χ1v) is 33.2. The number of ketones is 5. The molecule has 4 N–H and O–H groups in total. The van der Waals surface area contributed by atoms with Crippen LogP contribution in [0, 0.1) is 41.4 Å². The molecule has 2 saturated heterocycles. The van der Waals surface area contributed by atoms with E-state index >= 15 is 0 Å². The number of ether oxygens (including phenoxy) is 2. The molecule has 0 bridgehead atoms. The van der Waals surface area contributed by atoms with Crippen molar-refractivity contribution in [3.05, 3.63) is 180 Å². The van der Waals surface area contributed by atoms with E-state index in [1.165, 1.54) is 35.4 Å². The van der Waals surface area contributed by atoms with E-state index in [2.05, 4.69) is 34.9 Å². The molecule has 3 unspecified atom stereocenters. The fourth-order valence-electron chi connectivity index (χ4n) is 8.80. The van der Waals surface area contributed by atoms with Gasteiger partial charge in [0.15, 0.2) is 32.9 Å². The standard InChI is InChI=1S/C18H20O.C13H15NO3.C12H14O3.C10H13NO3S.C9H12O2S.C8H12N2O3/c1-14(2)18(19)13-17(15-9-5-3-6-10-15)16-11-7-4-8-12-16;1-8(2)11(15)7-14-12(16)9-5-3-4-6-10(9)13(14)17;1-8(2)10(13)5-9-3-4-11-12(6-9)15-7-14-11;1-7(2)10(12)8-3-5-9(6-4-8)15(11,13)14;1-8(2)12(10,11)9-6-4-3-5-7-9;1-4(2)6(11)3-5-7(12)10-8(13)9-5/h3-12,14,17H,13H2,1-2H3;3-6,8-10H,7H2,1-2H3;3-4,6,8H,5,7H2,1-2H3;3-7H,1-2H3,(H2,11,13,14);3-8H,1-2H3;4-5H,3H2,1-2H3,(H2,9,10,12,13). The summed E-state index contributed by atoms with van der Waals surface area (Å²) in [5.41, 5.74) is 3.90. The van der Waals surface area contributed by atoms with Gasteiger partial charge in [-0.3, -0.25) is 48.6 Å². The largest absolute Gasteiger partial charge is 0.454 e. The van der Waals surface area contributed by atoms with Crippen LogP contribution < -0.4 is 25.2 Å². The van der Waals surface area contributed by atoms with Crippen LogP contribution in [0.15, 0.2) is 168 Å². The second-order valence-electron chi connectivity index (χ2n) is 23.7. The van der Waals surface area contributed by atoms with Gasteiger partial charge in [0.1, 0.15) is 23.4 Å². The number of fused-ring (bicyclic) bond motifs is 2. The topological polar surface area (TPSA) is 294 Å². The molecular formula is C70H86N4O15S2. The number of sulfone groups is 1. The maximum absolute atomic E-state index is 12.1. The normalized spacial score (nSPS) is 16.1. The van der Waals surface area contributed by atoms with E-state index in [1.54, 1.807) is 110 Å². The molecule has 488 valence electrons. The Morgan fingerprint density at radius 1 is 0.549 bits per heavy atom. The van der Waals surface area contributed by atoms with Gasteiger partial charge in [-0.1, -0.05) is 191 Å². The molecule has 2 fully saturated rings. The van der Waals surface area contributed by atoms with E-state index in [1.807, 2.05) is 82.3 Å². The number of urea groups is 1. The number of nitrogens with two attached hydrogens (primary N) is 1. The number of benzene rings is 5. The number of primary sulfonamides is 1. The highest BCUT2D eigenvalue weighted by Gasteiger charge is 2.46. The quantitative estimate of drug-likeness (QED) is 0.0393. The lowest BCUT2D eigenvalue weighted by atomic mass is 9.85. The highest BCUT2D eigenvalue weighted by Crippen LogP contribution is 2.34. The lowest BCUT2D eigenvalue weighted by Crippen LogP contribution is -2.37. The summed E-state index contributed by atoms with van der Waals surface area (Å²) in [4.78, 5) is 105. The summed E-state index contributed by atoms with van der Waals surface area (Å²) in [6.45, 7) is 21.9. The zero-order chi connectivity index (χ0) is 67.9. The molecule has 3 heterocycles. The Bertz CT molecular complexity index is 3550. The van der Waals surface area contributed by atoms with Gasteiger partial charge < -0.3 is 14.8 Å². The highest BCUT2D eigenvalue weighted by atomic mass is 32.2. The summed E-state index contributed by atoms with van der Waals surface area (Å²) < 4.78 is 55.4. The average molecular weight is 1290 g/mol. The molecule has 3 atom stereocenters. The van der Waals surface area contributed by atoms with Gasteiger partial charge in [0, 0.05) is 60.3 Å². The molecule has 5 aromatic carbocycles. The van der Waals surface area contributed by atoms with Crippen LogP contribution >= 0.6 is 0 Å². The molecule has 4 aliphatic rings.